The lowest BCUT2D eigenvalue weighted by molar-refractivity contribution is -0.181. The van der Waals surface area contributed by atoms with E-state index < -0.39 is 76.1 Å². The summed E-state index contributed by atoms with van der Waals surface area (Å²) in [5, 5.41) is 22.1. The highest BCUT2D eigenvalue weighted by molar-refractivity contribution is 6.32. The van der Waals surface area contributed by atoms with Crippen LogP contribution in [-0.4, -0.2) is 74.9 Å². The van der Waals surface area contributed by atoms with E-state index in [2.05, 4.69) is 4.98 Å². The molecule has 2 aromatic rings. The molecule has 5 rings (SSSR count). The van der Waals surface area contributed by atoms with E-state index in [4.69, 9.17) is 5.73 Å². The highest BCUT2D eigenvalue weighted by Gasteiger charge is 2.69. The fraction of sp³-hybridized carbons (Fsp3) is 0.385. The zero-order valence-electron chi connectivity index (χ0n) is 20.0. The summed E-state index contributed by atoms with van der Waals surface area (Å²) in [7, 11) is 3.02. The highest BCUT2D eigenvalue weighted by atomic mass is 19.1. The molecule has 0 aliphatic heterocycles. The monoisotopic (exact) mass is 509 g/mol. The van der Waals surface area contributed by atoms with Gasteiger partial charge in [-0.15, -0.1) is 0 Å². The van der Waals surface area contributed by atoms with E-state index in [0.717, 1.165) is 0 Å². The Kier molecular flexibility index (Phi) is 5.61. The van der Waals surface area contributed by atoms with Gasteiger partial charge in [0.25, 0.3) is 0 Å². The Morgan fingerprint density at radius 3 is 2.46 bits per heavy atom. The van der Waals surface area contributed by atoms with Gasteiger partial charge in [-0.1, -0.05) is 6.07 Å². The zero-order valence-corrected chi connectivity index (χ0v) is 20.0. The second-order valence-electron chi connectivity index (χ2n) is 10.1. The number of aliphatic hydroxyl groups is 1. The van der Waals surface area contributed by atoms with Crippen molar-refractivity contribution in [2.75, 3.05) is 14.1 Å². The summed E-state index contributed by atoms with van der Waals surface area (Å²) in [6, 6.07) is 4.46. The molecule has 0 saturated heterocycles. The number of pyridine rings is 1. The largest absolute Gasteiger partial charge is 0.507 e. The fourth-order valence-electron chi connectivity index (χ4n) is 6.44. The summed E-state index contributed by atoms with van der Waals surface area (Å²) < 4.78 is 14.6. The van der Waals surface area contributed by atoms with Crippen LogP contribution in [0.15, 0.2) is 30.5 Å². The Bertz CT molecular complexity index is 1410. The summed E-state index contributed by atoms with van der Waals surface area (Å²) in [4.78, 5) is 71.0. The molecule has 0 radical (unpaired) electrons. The van der Waals surface area contributed by atoms with Crippen LogP contribution in [0.4, 0.5) is 4.39 Å². The van der Waals surface area contributed by atoms with Crippen LogP contribution in [0.5, 0.6) is 5.75 Å². The molecule has 1 aromatic carbocycles. The van der Waals surface area contributed by atoms with Crippen LogP contribution >= 0.6 is 0 Å². The first kappa shape index (κ1) is 24.8. The van der Waals surface area contributed by atoms with Crippen molar-refractivity contribution >= 4 is 29.0 Å². The molecule has 6 atom stereocenters. The van der Waals surface area contributed by atoms with Crippen LogP contribution in [0, 0.1) is 29.6 Å². The van der Waals surface area contributed by atoms with Crippen LogP contribution in [0.3, 0.4) is 0 Å². The van der Waals surface area contributed by atoms with Crippen molar-refractivity contribution in [1.29, 1.82) is 0 Å². The molecule has 2 unspecified atom stereocenters. The number of nitrogens with zero attached hydrogens (tertiary/aromatic N) is 2. The van der Waals surface area contributed by atoms with E-state index in [1.54, 1.807) is 0 Å². The lowest BCUT2D eigenvalue weighted by Crippen LogP contribution is -2.74. The minimum atomic E-state index is -2.79. The third-order valence-electron chi connectivity index (χ3n) is 7.99. The second-order valence-corrected chi connectivity index (χ2v) is 10.1. The van der Waals surface area contributed by atoms with Gasteiger partial charge in [-0.05, 0) is 62.2 Å². The standard InChI is InChI=1S/C26H24FN3O7/c1-30(2)19-14-9-10-8-13-11(12-4-3-7-29-24(12)27)5-6-15(31)17(13)20(32)16(10)22(34)26(14,37)23(35)18(21(19)33)25(28)36/h3-7,10,14,16,18-19,31,37H,8-9H2,1-2H3,(H2,28,36)/t10-,14-,16?,18?,19-,26-/m0/s1. The van der Waals surface area contributed by atoms with Gasteiger partial charge in [0.1, 0.15) is 5.75 Å². The van der Waals surface area contributed by atoms with Crippen molar-refractivity contribution in [2.45, 2.75) is 24.5 Å². The van der Waals surface area contributed by atoms with Gasteiger partial charge < -0.3 is 15.9 Å². The average molecular weight is 509 g/mol. The molecule has 11 heteroatoms. The summed E-state index contributed by atoms with van der Waals surface area (Å²) in [6.07, 6.45) is 1.21. The van der Waals surface area contributed by atoms with Crippen molar-refractivity contribution in [2.24, 2.45) is 29.4 Å². The van der Waals surface area contributed by atoms with Gasteiger partial charge >= 0.3 is 0 Å². The quantitative estimate of drug-likeness (QED) is 0.383. The molecule has 2 saturated carbocycles. The number of hydrogen-bond acceptors (Lipinski definition) is 9. The summed E-state index contributed by atoms with van der Waals surface area (Å²) in [5.74, 6) is -12.1. The van der Waals surface area contributed by atoms with Crippen molar-refractivity contribution in [3.8, 4) is 16.9 Å². The van der Waals surface area contributed by atoms with E-state index in [0.29, 0.717) is 11.1 Å². The number of amides is 1. The van der Waals surface area contributed by atoms with Crippen LogP contribution in [-0.2, 0) is 25.6 Å². The van der Waals surface area contributed by atoms with Gasteiger partial charge in [-0.3, -0.25) is 28.9 Å². The molecule has 2 fully saturated rings. The van der Waals surface area contributed by atoms with Crippen LogP contribution < -0.4 is 5.73 Å². The number of primary amides is 1. The Morgan fingerprint density at radius 2 is 1.84 bits per heavy atom. The van der Waals surface area contributed by atoms with Crippen LogP contribution in [0.2, 0.25) is 0 Å². The molecule has 10 nitrogen and oxygen atoms in total. The van der Waals surface area contributed by atoms with Crippen LogP contribution in [0.1, 0.15) is 22.3 Å². The lowest BCUT2D eigenvalue weighted by Gasteiger charge is -2.52. The average Bonchev–Trinajstić information content (AvgIpc) is 2.82. The Balaban J connectivity index is 1.67. The maximum Gasteiger partial charge on any atom is 0.235 e. The van der Waals surface area contributed by atoms with Crippen molar-refractivity contribution in [3.63, 3.8) is 0 Å². The normalized spacial score (nSPS) is 31.1. The number of halogens is 1. The third-order valence-corrected chi connectivity index (χ3v) is 7.99. The predicted octanol–water partition coefficient (Wildman–Crippen LogP) is 0.0681. The van der Waals surface area contributed by atoms with Gasteiger partial charge in [0.2, 0.25) is 11.9 Å². The molecular formula is C26H24FN3O7. The number of carbonyl (C=O) groups is 5. The number of aromatic hydroxyl groups is 1. The van der Waals surface area contributed by atoms with Crippen molar-refractivity contribution in [3.05, 3.63) is 47.5 Å². The number of phenols is 1. The smallest absolute Gasteiger partial charge is 0.235 e. The molecule has 192 valence electrons. The first-order chi connectivity index (χ1) is 17.4. The topological polar surface area (TPSA) is 168 Å². The van der Waals surface area contributed by atoms with Gasteiger partial charge in [-0.25, -0.2) is 4.98 Å². The highest BCUT2D eigenvalue weighted by Crippen LogP contribution is 2.51. The molecule has 4 N–H and O–H groups in total. The molecule has 0 spiro atoms. The molecule has 37 heavy (non-hydrogen) atoms. The number of likely N-dealkylation sites (N-methyl/N-ethyl adjacent to an activating group) is 1. The number of nitrogens with two attached hydrogens (primary N) is 1. The lowest BCUT2D eigenvalue weighted by atomic mass is 9.52. The number of Topliss-reactive ketones (excluding diaryl/α,β-unsaturated/α-hetero) is 4. The van der Waals surface area contributed by atoms with Gasteiger partial charge in [0, 0.05) is 17.7 Å². The second kappa shape index (κ2) is 8.35. The Hall–Kier alpha value is -3.83. The van der Waals surface area contributed by atoms with Gasteiger partial charge in [0.05, 0.1) is 17.5 Å². The maximum atomic E-state index is 14.6. The fourth-order valence-corrected chi connectivity index (χ4v) is 6.44. The SMILES string of the molecule is CN(C)[C@@H]1C(=O)C(C(N)=O)C(=O)[C@@]2(O)C(=O)C3C(=O)c4c(O)ccc(-c5cccnc5F)c4C[C@H]3C[C@@H]12. The zero-order chi connectivity index (χ0) is 27.0. The number of rotatable bonds is 3. The van der Waals surface area contributed by atoms with E-state index in [1.165, 1.54) is 49.5 Å². The van der Waals surface area contributed by atoms with E-state index in [-0.39, 0.29) is 24.0 Å². The molecule has 1 heterocycles. The van der Waals surface area contributed by atoms with Gasteiger partial charge in [0.15, 0.2) is 34.7 Å². The number of phenolic OH excluding ortho intramolecular Hbond substituents is 1. The molecule has 3 aliphatic carbocycles. The number of benzene rings is 1. The Labute approximate surface area is 210 Å². The first-order valence-corrected chi connectivity index (χ1v) is 11.7. The number of aromatic nitrogens is 1. The number of ketones is 4. The summed E-state index contributed by atoms with van der Waals surface area (Å²) in [6.45, 7) is 0. The van der Waals surface area contributed by atoms with Crippen molar-refractivity contribution in [1.82, 2.24) is 9.88 Å². The van der Waals surface area contributed by atoms with E-state index in [1.807, 2.05) is 0 Å². The number of hydrogen-bond donors (Lipinski definition) is 3. The third kappa shape index (κ3) is 3.30. The Morgan fingerprint density at radius 1 is 1.14 bits per heavy atom. The van der Waals surface area contributed by atoms with E-state index in [9.17, 15) is 38.6 Å². The van der Waals surface area contributed by atoms with E-state index >= 15 is 0 Å². The van der Waals surface area contributed by atoms with Crippen LogP contribution in [0.25, 0.3) is 11.1 Å². The number of fused-ring (bicyclic) bond motifs is 3. The summed E-state index contributed by atoms with van der Waals surface area (Å²) in [5.41, 5.74) is 3.03. The molecule has 0 bridgehead atoms. The number of carbonyl (C=O) groups excluding carboxylic acids is 5. The maximum absolute atomic E-state index is 14.6. The molecule has 3 aliphatic rings. The predicted molar refractivity (Wildman–Crippen MR) is 125 cm³/mol. The minimum Gasteiger partial charge on any atom is -0.507 e. The molecule has 1 amide bonds. The molecular weight excluding hydrogens is 485 g/mol. The molecule has 1 aromatic heterocycles. The summed E-state index contributed by atoms with van der Waals surface area (Å²) >= 11 is 0. The minimum absolute atomic E-state index is 0.0317. The van der Waals surface area contributed by atoms with Gasteiger partial charge in [-0.2, -0.15) is 4.39 Å². The first-order valence-electron chi connectivity index (χ1n) is 11.7. The van der Waals surface area contributed by atoms with Crippen molar-refractivity contribution < 1.29 is 38.6 Å².